The number of hydrogen-bond donors (Lipinski definition) is 2. The van der Waals surface area contributed by atoms with E-state index in [4.69, 9.17) is 11.6 Å². The summed E-state index contributed by atoms with van der Waals surface area (Å²) in [6.07, 6.45) is 3.30. The molecule has 1 amide bonds. The monoisotopic (exact) mass is 415 g/mol. The minimum atomic E-state index is -0.244. The number of nitrogens with one attached hydrogen (secondary N) is 2. The van der Waals surface area contributed by atoms with Crippen molar-refractivity contribution in [2.24, 2.45) is 0 Å². The van der Waals surface area contributed by atoms with Crippen molar-refractivity contribution < 1.29 is 4.79 Å². The number of amides is 1. The van der Waals surface area contributed by atoms with Crippen LogP contribution >= 0.6 is 11.6 Å². The lowest BCUT2D eigenvalue weighted by atomic mass is 10.0. The Labute approximate surface area is 180 Å². The molecular weight excluding hydrogens is 394 g/mol. The molecule has 5 heteroatoms. The first kappa shape index (κ1) is 19.9. The van der Waals surface area contributed by atoms with Crippen LogP contribution in [0.3, 0.4) is 0 Å². The summed E-state index contributed by atoms with van der Waals surface area (Å²) in [6, 6.07) is 21.5. The van der Waals surface area contributed by atoms with Crippen molar-refractivity contribution in [2.45, 2.75) is 19.8 Å². The van der Waals surface area contributed by atoms with E-state index in [9.17, 15) is 4.79 Å². The van der Waals surface area contributed by atoms with Crippen LogP contribution in [0.4, 0.5) is 5.69 Å². The van der Waals surface area contributed by atoms with Crippen LogP contribution in [0.15, 0.2) is 72.8 Å². The molecule has 0 atom stereocenters. The van der Waals surface area contributed by atoms with Gasteiger partial charge in [-0.3, -0.25) is 4.79 Å². The summed E-state index contributed by atoms with van der Waals surface area (Å²) < 4.78 is 0. The highest BCUT2D eigenvalue weighted by atomic mass is 35.5. The van der Waals surface area contributed by atoms with E-state index in [2.05, 4.69) is 41.3 Å². The first-order valence-corrected chi connectivity index (χ1v) is 10.2. The lowest BCUT2D eigenvalue weighted by Gasteiger charge is -2.07. The van der Waals surface area contributed by atoms with Crippen LogP contribution in [0.25, 0.3) is 28.5 Å². The number of hydrogen-bond acceptors (Lipinski definition) is 2. The predicted molar refractivity (Wildman–Crippen MR) is 125 cm³/mol. The van der Waals surface area contributed by atoms with Gasteiger partial charge in [-0.15, -0.1) is 0 Å². The third-order valence-corrected chi connectivity index (χ3v) is 5.25. The normalized spacial score (nSPS) is 11.5. The van der Waals surface area contributed by atoms with Crippen LogP contribution in [-0.4, -0.2) is 15.9 Å². The summed E-state index contributed by atoms with van der Waals surface area (Å²) in [6.45, 7) is 4.31. The summed E-state index contributed by atoms with van der Waals surface area (Å²) >= 11 is 6.30. The fourth-order valence-corrected chi connectivity index (χ4v) is 3.36. The van der Waals surface area contributed by atoms with E-state index in [1.165, 1.54) is 11.6 Å². The molecule has 0 saturated heterocycles. The van der Waals surface area contributed by atoms with Crippen LogP contribution in [-0.2, 0) is 4.79 Å². The molecule has 1 heterocycles. The van der Waals surface area contributed by atoms with Crippen molar-refractivity contribution in [3.63, 3.8) is 0 Å². The number of fused-ring (bicyclic) bond motifs is 1. The second-order valence-corrected chi connectivity index (χ2v) is 7.85. The van der Waals surface area contributed by atoms with E-state index >= 15 is 0 Å². The molecule has 0 spiro atoms. The number of rotatable bonds is 5. The summed E-state index contributed by atoms with van der Waals surface area (Å²) in [4.78, 5) is 20.3. The van der Waals surface area contributed by atoms with Crippen molar-refractivity contribution in [1.29, 1.82) is 0 Å². The van der Waals surface area contributed by atoms with E-state index < -0.39 is 0 Å². The number of imidazole rings is 1. The van der Waals surface area contributed by atoms with Gasteiger partial charge in [-0.1, -0.05) is 61.8 Å². The van der Waals surface area contributed by atoms with Gasteiger partial charge in [0, 0.05) is 11.6 Å². The third-order valence-electron chi connectivity index (χ3n) is 4.92. The molecule has 150 valence electrons. The van der Waals surface area contributed by atoms with Crippen LogP contribution in [0.1, 0.15) is 30.9 Å². The molecule has 4 nitrogen and oxygen atoms in total. The van der Waals surface area contributed by atoms with Crippen LogP contribution in [0, 0.1) is 0 Å². The molecule has 4 aromatic rings. The number of carbonyl (C=O) groups excluding carboxylic acids is 1. The topological polar surface area (TPSA) is 57.8 Å². The van der Waals surface area contributed by atoms with Crippen molar-refractivity contribution in [3.05, 3.63) is 89.0 Å². The number of anilines is 1. The zero-order chi connectivity index (χ0) is 21.1. The Morgan fingerprint density at radius 1 is 1.07 bits per heavy atom. The van der Waals surface area contributed by atoms with E-state index in [-0.39, 0.29) is 5.91 Å². The Morgan fingerprint density at radius 2 is 1.83 bits per heavy atom. The second-order valence-electron chi connectivity index (χ2n) is 7.44. The summed E-state index contributed by atoms with van der Waals surface area (Å²) in [5.74, 6) is 0.961. The van der Waals surface area contributed by atoms with Gasteiger partial charge in [-0.05, 0) is 53.5 Å². The Hall–Kier alpha value is -3.37. The molecule has 30 heavy (non-hydrogen) atoms. The molecule has 0 saturated carbocycles. The first-order chi connectivity index (χ1) is 14.5. The highest BCUT2D eigenvalue weighted by Crippen LogP contribution is 2.28. The number of halogens is 1. The SMILES string of the molecule is CC(C)c1ccc(C=CC(=O)Nc2cc(-c3nc4ccccc4[nH]3)ccc2Cl)cc1. The summed E-state index contributed by atoms with van der Waals surface area (Å²) in [7, 11) is 0. The van der Waals surface area contributed by atoms with Gasteiger partial charge in [-0.25, -0.2) is 4.98 Å². The Balaban J connectivity index is 1.51. The smallest absolute Gasteiger partial charge is 0.248 e. The molecule has 2 N–H and O–H groups in total. The zero-order valence-corrected chi connectivity index (χ0v) is 17.6. The molecule has 0 unspecified atom stereocenters. The van der Waals surface area contributed by atoms with Gasteiger partial charge in [0.15, 0.2) is 0 Å². The lowest BCUT2D eigenvalue weighted by Crippen LogP contribution is -2.08. The molecule has 0 aliphatic carbocycles. The Bertz CT molecular complexity index is 1190. The van der Waals surface area contributed by atoms with Gasteiger partial charge < -0.3 is 10.3 Å². The average molecular weight is 416 g/mol. The third kappa shape index (κ3) is 4.44. The molecule has 3 aromatic carbocycles. The van der Waals surface area contributed by atoms with Crippen molar-refractivity contribution in [3.8, 4) is 11.4 Å². The van der Waals surface area contributed by atoms with Crippen LogP contribution in [0.2, 0.25) is 5.02 Å². The molecule has 0 bridgehead atoms. The standard InChI is InChI=1S/C25H22ClN3O/c1-16(2)18-10-7-17(8-11-18)9-14-24(30)27-23-15-19(12-13-20(23)26)25-28-21-5-3-4-6-22(21)29-25/h3-16H,1-2H3,(H,27,30)(H,28,29). The van der Waals surface area contributed by atoms with Crippen molar-refractivity contribution in [1.82, 2.24) is 9.97 Å². The second kappa shape index (κ2) is 8.56. The maximum absolute atomic E-state index is 12.4. The minimum absolute atomic E-state index is 0.244. The number of H-pyrrole nitrogens is 1. The van der Waals surface area contributed by atoms with Gasteiger partial charge >= 0.3 is 0 Å². The Kier molecular flexibility index (Phi) is 5.68. The fourth-order valence-electron chi connectivity index (χ4n) is 3.20. The molecule has 0 fully saturated rings. The summed E-state index contributed by atoms with van der Waals surface area (Å²) in [5, 5.41) is 3.32. The van der Waals surface area contributed by atoms with E-state index in [1.807, 2.05) is 48.5 Å². The number of benzene rings is 3. The minimum Gasteiger partial charge on any atom is -0.338 e. The first-order valence-electron chi connectivity index (χ1n) is 9.83. The maximum Gasteiger partial charge on any atom is 0.248 e. The largest absolute Gasteiger partial charge is 0.338 e. The number of aromatic amines is 1. The molecule has 0 aliphatic rings. The molecule has 0 aliphatic heterocycles. The van der Waals surface area contributed by atoms with Gasteiger partial charge in [0.05, 0.1) is 21.7 Å². The lowest BCUT2D eigenvalue weighted by molar-refractivity contribution is -0.111. The van der Waals surface area contributed by atoms with Gasteiger partial charge in [0.2, 0.25) is 5.91 Å². The highest BCUT2D eigenvalue weighted by Gasteiger charge is 2.09. The molecular formula is C25H22ClN3O. The van der Waals surface area contributed by atoms with E-state index in [0.717, 1.165) is 28.0 Å². The highest BCUT2D eigenvalue weighted by molar-refractivity contribution is 6.34. The van der Waals surface area contributed by atoms with Crippen LogP contribution < -0.4 is 5.32 Å². The number of carbonyl (C=O) groups is 1. The van der Waals surface area contributed by atoms with Crippen molar-refractivity contribution in [2.75, 3.05) is 5.32 Å². The number of para-hydroxylation sites is 2. The summed E-state index contributed by atoms with van der Waals surface area (Å²) in [5.41, 5.74) is 5.47. The van der Waals surface area contributed by atoms with Gasteiger partial charge in [0.25, 0.3) is 0 Å². The fraction of sp³-hybridized carbons (Fsp3) is 0.120. The quantitative estimate of drug-likeness (QED) is 0.358. The molecule has 1 aromatic heterocycles. The Morgan fingerprint density at radius 3 is 2.57 bits per heavy atom. The van der Waals surface area contributed by atoms with Gasteiger partial charge in [-0.2, -0.15) is 0 Å². The maximum atomic E-state index is 12.4. The molecule has 4 rings (SSSR count). The van der Waals surface area contributed by atoms with E-state index in [0.29, 0.717) is 16.6 Å². The molecule has 0 radical (unpaired) electrons. The zero-order valence-electron chi connectivity index (χ0n) is 16.8. The predicted octanol–water partition coefficient (Wildman–Crippen LogP) is 6.66. The number of aromatic nitrogens is 2. The van der Waals surface area contributed by atoms with E-state index in [1.54, 1.807) is 12.1 Å². The van der Waals surface area contributed by atoms with Crippen molar-refractivity contribution >= 4 is 40.3 Å². The van der Waals surface area contributed by atoms with Crippen LogP contribution in [0.5, 0.6) is 0 Å². The van der Waals surface area contributed by atoms with Gasteiger partial charge in [0.1, 0.15) is 5.82 Å². The number of nitrogens with zero attached hydrogens (tertiary/aromatic N) is 1. The average Bonchev–Trinajstić information content (AvgIpc) is 3.18.